The normalized spacial score (nSPS) is 17.4. The van der Waals surface area contributed by atoms with Crippen molar-refractivity contribution < 1.29 is 22.3 Å². The van der Waals surface area contributed by atoms with Crippen LogP contribution >= 0.6 is 11.6 Å². The van der Waals surface area contributed by atoms with E-state index in [2.05, 4.69) is 9.97 Å². The molecule has 1 aromatic carbocycles. The Balaban J connectivity index is 1.53. The Morgan fingerprint density at radius 3 is 2.85 bits per heavy atom. The molecule has 0 radical (unpaired) electrons. The van der Waals surface area contributed by atoms with Gasteiger partial charge in [-0.05, 0) is 18.2 Å². The summed E-state index contributed by atoms with van der Waals surface area (Å²) in [6.45, 7) is 1.70. The number of ether oxygens (including phenoxy) is 1. The van der Waals surface area contributed by atoms with Crippen LogP contribution in [0.1, 0.15) is 22.6 Å². The zero-order chi connectivity index (χ0) is 19.2. The van der Waals surface area contributed by atoms with Crippen molar-refractivity contribution in [2.75, 3.05) is 19.7 Å². The standard InChI is InChI=1S/C18H14ClF4N3O/c19-16-11(9-27-15-2-1-12(20)5-13(15)16)8-26-4-3-14-10(7-26)6-24-17(25-14)18(21,22)23/h1-2,5-6H,3-4,7-9H2. The van der Waals surface area contributed by atoms with Gasteiger partial charge in [-0.2, -0.15) is 13.2 Å². The van der Waals surface area contributed by atoms with Crippen LogP contribution in [0, 0.1) is 5.82 Å². The van der Waals surface area contributed by atoms with Gasteiger partial charge >= 0.3 is 6.18 Å². The highest BCUT2D eigenvalue weighted by atomic mass is 35.5. The lowest BCUT2D eigenvalue weighted by Crippen LogP contribution is -2.35. The van der Waals surface area contributed by atoms with Crippen molar-refractivity contribution in [3.63, 3.8) is 0 Å². The number of hydrogen-bond donors (Lipinski definition) is 0. The molecule has 2 aromatic rings. The molecule has 0 saturated heterocycles. The molecular weight excluding hydrogens is 386 g/mol. The van der Waals surface area contributed by atoms with E-state index in [4.69, 9.17) is 16.3 Å². The first-order valence-corrected chi connectivity index (χ1v) is 8.63. The van der Waals surface area contributed by atoms with Gasteiger partial charge in [-0.3, -0.25) is 4.90 Å². The molecule has 0 unspecified atom stereocenters. The lowest BCUT2D eigenvalue weighted by atomic mass is 10.0. The Kier molecular flexibility index (Phi) is 4.55. The Bertz CT molecular complexity index is 929. The highest BCUT2D eigenvalue weighted by molar-refractivity contribution is 6.49. The third-order valence-electron chi connectivity index (χ3n) is 4.57. The summed E-state index contributed by atoms with van der Waals surface area (Å²) in [6, 6.07) is 4.18. The van der Waals surface area contributed by atoms with Gasteiger partial charge in [-0.15, -0.1) is 0 Å². The largest absolute Gasteiger partial charge is 0.488 e. The fourth-order valence-corrected chi connectivity index (χ4v) is 3.51. The lowest BCUT2D eigenvalue weighted by Gasteiger charge is -2.30. The van der Waals surface area contributed by atoms with Gasteiger partial charge in [0, 0.05) is 49.0 Å². The zero-order valence-electron chi connectivity index (χ0n) is 14.0. The molecule has 1 aromatic heterocycles. The quantitative estimate of drug-likeness (QED) is 0.714. The first-order chi connectivity index (χ1) is 12.8. The second-order valence-corrected chi connectivity index (χ2v) is 6.85. The fraction of sp³-hybridized carbons (Fsp3) is 0.333. The summed E-state index contributed by atoms with van der Waals surface area (Å²) in [6.07, 6.45) is -2.93. The maximum Gasteiger partial charge on any atom is 0.451 e. The van der Waals surface area contributed by atoms with Crippen LogP contribution in [0.3, 0.4) is 0 Å². The second-order valence-electron chi connectivity index (χ2n) is 6.47. The van der Waals surface area contributed by atoms with Crippen LogP contribution in [0.25, 0.3) is 5.03 Å². The van der Waals surface area contributed by atoms with Gasteiger partial charge in [0.1, 0.15) is 18.2 Å². The molecule has 3 heterocycles. The van der Waals surface area contributed by atoms with E-state index >= 15 is 0 Å². The number of aromatic nitrogens is 2. The molecule has 142 valence electrons. The SMILES string of the molecule is Fc1ccc2c(c1)C(Cl)=C(CN1CCc3nc(C(F)(F)F)ncc3C1)CO2. The molecule has 0 spiro atoms. The molecule has 0 bridgehead atoms. The van der Waals surface area contributed by atoms with Crippen LogP contribution in [0.15, 0.2) is 30.0 Å². The van der Waals surface area contributed by atoms with Crippen LogP contribution in [0.4, 0.5) is 17.6 Å². The maximum atomic E-state index is 13.5. The number of hydrogen-bond acceptors (Lipinski definition) is 4. The topological polar surface area (TPSA) is 38.2 Å². The Morgan fingerprint density at radius 1 is 1.26 bits per heavy atom. The molecule has 0 fully saturated rings. The zero-order valence-corrected chi connectivity index (χ0v) is 14.7. The van der Waals surface area contributed by atoms with Crippen molar-refractivity contribution >= 4 is 16.6 Å². The summed E-state index contributed by atoms with van der Waals surface area (Å²) in [5.41, 5.74) is 2.38. The summed E-state index contributed by atoms with van der Waals surface area (Å²) in [5.74, 6) is -0.983. The van der Waals surface area contributed by atoms with Crippen LogP contribution in [-0.2, 0) is 19.1 Å². The molecular formula is C18H14ClF4N3O. The summed E-state index contributed by atoms with van der Waals surface area (Å²) in [5, 5.41) is 0.449. The molecule has 2 aliphatic rings. The molecule has 27 heavy (non-hydrogen) atoms. The fourth-order valence-electron chi connectivity index (χ4n) is 3.25. The minimum absolute atomic E-state index is 0.282. The Hall–Kier alpha value is -2.19. The van der Waals surface area contributed by atoms with E-state index < -0.39 is 17.8 Å². The first kappa shape index (κ1) is 18.2. The number of alkyl halides is 3. The molecule has 4 rings (SSSR count). The molecule has 4 nitrogen and oxygen atoms in total. The third-order valence-corrected chi connectivity index (χ3v) is 5.04. The Labute approximate surface area is 157 Å². The number of rotatable bonds is 2. The van der Waals surface area contributed by atoms with Gasteiger partial charge in [-0.1, -0.05) is 11.6 Å². The molecule has 9 heteroatoms. The predicted molar refractivity (Wildman–Crippen MR) is 90.7 cm³/mol. The van der Waals surface area contributed by atoms with Crippen molar-refractivity contribution in [1.29, 1.82) is 0 Å². The van der Waals surface area contributed by atoms with Crippen LogP contribution < -0.4 is 4.74 Å². The van der Waals surface area contributed by atoms with Gasteiger partial charge in [0.25, 0.3) is 0 Å². The highest BCUT2D eigenvalue weighted by Crippen LogP contribution is 2.36. The third kappa shape index (κ3) is 3.64. The van der Waals surface area contributed by atoms with Gasteiger partial charge in [0.15, 0.2) is 0 Å². The highest BCUT2D eigenvalue weighted by Gasteiger charge is 2.35. The monoisotopic (exact) mass is 399 g/mol. The van der Waals surface area contributed by atoms with E-state index in [1.807, 2.05) is 4.90 Å². The van der Waals surface area contributed by atoms with Crippen LogP contribution in [-0.4, -0.2) is 34.6 Å². The van der Waals surface area contributed by atoms with E-state index in [0.29, 0.717) is 53.7 Å². The van der Waals surface area contributed by atoms with E-state index in [-0.39, 0.29) is 6.61 Å². The lowest BCUT2D eigenvalue weighted by molar-refractivity contribution is -0.145. The average molecular weight is 400 g/mol. The molecule has 0 aliphatic carbocycles. The predicted octanol–water partition coefficient (Wildman–Crippen LogP) is 4.04. The van der Waals surface area contributed by atoms with E-state index in [0.717, 1.165) is 5.57 Å². The summed E-state index contributed by atoms with van der Waals surface area (Å²) in [7, 11) is 0. The summed E-state index contributed by atoms with van der Waals surface area (Å²) < 4.78 is 57.4. The van der Waals surface area contributed by atoms with Gasteiger partial charge in [-0.25, -0.2) is 14.4 Å². The molecule has 0 amide bonds. The van der Waals surface area contributed by atoms with Gasteiger partial charge in [0.2, 0.25) is 5.82 Å². The molecule has 2 aliphatic heterocycles. The van der Waals surface area contributed by atoms with Crippen molar-refractivity contribution in [1.82, 2.24) is 14.9 Å². The molecule has 0 atom stereocenters. The maximum absolute atomic E-state index is 13.5. The van der Waals surface area contributed by atoms with Crippen molar-refractivity contribution in [3.05, 3.63) is 58.4 Å². The minimum atomic E-state index is -4.55. The number of benzene rings is 1. The first-order valence-electron chi connectivity index (χ1n) is 8.26. The summed E-state index contributed by atoms with van der Waals surface area (Å²) in [4.78, 5) is 9.12. The second kappa shape index (κ2) is 6.76. The van der Waals surface area contributed by atoms with Crippen molar-refractivity contribution in [2.45, 2.75) is 19.1 Å². The van der Waals surface area contributed by atoms with Crippen molar-refractivity contribution in [3.8, 4) is 5.75 Å². The number of halogens is 5. The van der Waals surface area contributed by atoms with E-state index in [1.165, 1.54) is 24.4 Å². The van der Waals surface area contributed by atoms with Gasteiger partial charge in [0.05, 0.1) is 10.7 Å². The smallest absolute Gasteiger partial charge is 0.451 e. The Morgan fingerprint density at radius 2 is 2.07 bits per heavy atom. The molecule has 0 N–H and O–H groups in total. The number of nitrogens with zero attached hydrogens (tertiary/aromatic N) is 3. The van der Waals surface area contributed by atoms with Crippen LogP contribution in [0.5, 0.6) is 5.75 Å². The van der Waals surface area contributed by atoms with Crippen molar-refractivity contribution in [2.24, 2.45) is 0 Å². The minimum Gasteiger partial charge on any atom is -0.488 e. The summed E-state index contributed by atoms with van der Waals surface area (Å²) >= 11 is 6.43. The molecule has 0 saturated carbocycles. The van der Waals surface area contributed by atoms with Crippen LogP contribution in [0.2, 0.25) is 0 Å². The average Bonchev–Trinajstić information content (AvgIpc) is 2.63. The van der Waals surface area contributed by atoms with E-state index in [1.54, 1.807) is 0 Å². The number of fused-ring (bicyclic) bond motifs is 2. The van der Waals surface area contributed by atoms with Gasteiger partial charge < -0.3 is 4.74 Å². The van der Waals surface area contributed by atoms with E-state index in [9.17, 15) is 17.6 Å².